The Morgan fingerprint density at radius 3 is 2.53 bits per heavy atom. The van der Waals surface area contributed by atoms with Gasteiger partial charge in [-0.1, -0.05) is 12.1 Å². The van der Waals surface area contributed by atoms with Crippen molar-refractivity contribution >= 4 is 10.9 Å². The number of aromatic nitrogens is 1. The molecule has 19 heavy (non-hydrogen) atoms. The Bertz CT molecular complexity index is 523. The van der Waals surface area contributed by atoms with Crippen LogP contribution in [-0.2, 0) is 11.3 Å². The van der Waals surface area contributed by atoms with Gasteiger partial charge in [0.2, 0.25) is 5.52 Å². The number of hydrogen-bond acceptors (Lipinski definition) is 1. The molecule has 1 heterocycles. The molecule has 2 aromatic rings. The quantitative estimate of drug-likeness (QED) is 0.588. The van der Waals surface area contributed by atoms with Gasteiger partial charge in [-0.15, -0.1) is 0 Å². The highest BCUT2D eigenvalue weighted by Crippen LogP contribution is 2.09. The first kappa shape index (κ1) is 14.0. The van der Waals surface area contributed by atoms with E-state index in [1.165, 1.54) is 10.9 Å². The van der Waals surface area contributed by atoms with Crippen molar-refractivity contribution in [1.82, 2.24) is 0 Å². The molecule has 2 nitrogen and oxygen atoms in total. The normalized spacial score (nSPS) is 11.9. The van der Waals surface area contributed by atoms with Crippen LogP contribution in [0.2, 0.25) is 0 Å². The van der Waals surface area contributed by atoms with Crippen LogP contribution in [0.5, 0.6) is 0 Å². The predicted octanol–water partition coefficient (Wildman–Crippen LogP) is 3.72. The molecule has 0 atom stereocenters. The third kappa shape index (κ3) is 4.32. The van der Waals surface area contributed by atoms with Gasteiger partial charge in [0, 0.05) is 30.5 Å². The zero-order valence-corrected chi connectivity index (χ0v) is 12.2. The third-order valence-corrected chi connectivity index (χ3v) is 3.12. The monoisotopic (exact) mass is 258 g/mol. The van der Waals surface area contributed by atoms with Crippen molar-refractivity contribution in [2.24, 2.45) is 0 Å². The average Bonchev–Trinajstić information content (AvgIpc) is 2.37. The molecular formula is C17H24NO+. The second-order valence-electron chi connectivity index (χ2n) is 5.93. The van der Waals surface area contributed by atoms with E-state index < -0.39 is 0 Å². The molecule has 0 saturated heterocycles. The molecule has 2 heteroatoms. The van der Waals surface area contributed by atoms with Gasteiger partial charge in [0.1, 0.15) is 6.54 Å². The second kappa shape index (κ2) is 6.16. The van der Waals surface area contributed by atoms with E-state index in [2.05, 4.69) is 67.9 Å². The Hall–Kier alpha value is -1.41. The Balaban J connectivity index is 1.88. The SMILES string of the molecule is CC(C)(C)OCCCC[n+]1cccc2ccccc21. The van der Waals surface area contributed by atoms with Crippen LogP contribution in [0.1, 0.15) is 33.6 Å². The van der Waals surface area contributed by atoms with Crippen LogP contribution in [-0.4, -0.2) is 12.2 Å². The van der Waals surface area contributed by atoms with Gasteiger partial charge in [-0.2, -0.15) is 4.57 Å². The lowest BCUT2D eigenvalue weighted by Crippen LogP contribution is -2.34. The maximum atomic E-state index is 5.75. The van der Waals surface area contributed by atoms with E-state index in [-0.39, 0.29) is 5.60 Å². The van der Waals surface area contributed by atoms with Crippen molar-refractivity contribution in [3.8, 4) is 0 Å². The zero-order chi connectivity index (χ0) is 13.7. The molecular weight excluding hydrogens is 234 g/mol. The minimum Gasteiger partial charge on any atom is -0.376 e. The van der Waals surface area contributed by atoms with E-state index in [0.29, 0.717) is 0 Å². The number of aryl methyl sites for hydroxylation is 1. The molecule has 0 saturated carbocycles. The van der Waals surface area contributed by atoms with E-state index in [1.54, 1.807) is 0 Å². The number of pyridine rings is 1. The van der Waals surface area contributed by atoms with E-state index >= 15 is 0 Å². The van der Waals surface area contributed by atoms with Crippen molar-refractivity contribution in [1.29, 1.82) is 0 Å². The highest BCUT2D eigenvalue weighted by atomic mass is 16.5. The maximum absolute atomic E-state index is 5.75. The van der Waals surface area contributed by atoms with Gasteiger partial charge in [-0.25, -0.2) is 0 Å². The first-order valence-electron chi connectivity index (χ1n) is 7.07. The summed E-state index contributed by atoms with van der Waals surface area (Å²) in [6, 6.07) is 12.8. The van der Waals surface area contributed by atoms with E-state index in [4.69, 9.17) is 4.74 Å². The largest absolute Gasteiger partial charge is 0.376 e. The number of rotatable bonds is 5. The molecule has 1 aromatic heterocycles. The molecule has 0 amide bonds. The summed E-state index contributed by atoms with van der Waals surface area (Å²) in [6.45, 7) is 8.20. The van der Waals surface area contributed by atoms with Crippen molar-refractivity contribution in [2.75, 3.05) is 6.61 Å². The number of unbranched alkanes of at least 4 members (excludes halogenated alkanes) is 1. The van der Waals surface area contributed by atoms with Crippen LogP contribution < -0.4 is 4.57 Å². The summed E-state index contributed by atoms with van der Waals surface area (Å²) in [7, 11) is 0. The molecule has 0 aliphatic rings. The van der Waals surface area contributed by atoms with Gasteiger partial charge in [0.05, 0.1) is 5.60 Å². The lowest BCUT2D eigenvalue weighted by atomic mass is 10.2. The molecule has 0 bridgehead atoms. The fourth-order valence-corrected chi connectivity index (χ4v) is 2.18. The van der Waals surface area contributed by atoms with Crippen LogP contribution in [0.15, 0.2) is 42.6 Å². The lowest BCUT2D eigenvalue weighted by Gasteiger charge is -2.19. The smallest absolute Gasteiger partial charge is 0.212 e. The lowest BCUT2D eigenvalue weighted by molar-refractivity contribution is -0.671. The molecule has 0 aliphatic heterocycles. The minimum absolute atomic E-state index is 0.0212. The highest BCUT2D eigenvalue weighted by molar-refractivity contribution is 5.74. The van der Waals surface area contributed by atoms with Crippen molar-refractivity contribution in [3.63, 3.8) is 0 Å². The van der Waals surface area contributed by atoms with Gasteiger partial charge in [0.15, 0.2) is 6.20 Å². The Morgan fingerprint density at radius 2 is 1.74 bits per heavy atom. The minimum atomic E-state index is -0.0212. The van der Waals surface area contributed by atoms with Crippen LogP contribution in [0, 0.1) is 0 Å². The molecule has 0 aliphatic carbocycles. The fourth-order valence-electron chi connectivity index (χ4n) is 2.18. The van der Waals surface area contributed by atoms with Crippen LogP contribution in [0.25, 0.3) is 10.9 Å². The third-order valence-electron chi connectivity index (χ3n) is 3.12. The number of nitrogens with zero attached hydrogens (tertiary/aromatic N) is 1. The molecule has 0 N–H and O–H groups in total. The number of fused-ring (bicyclic) bond motifs is 1. The topological polar surface area (TPSA) is 13.1 Å². The van der Waals surface area contributed by atoms with Gasteiger partial charge >= 0.3 is 0 Å². The van der Waals surface area contributed by atoms with Gasteiger partial charge < -0.3 is 4.74 Å². The van der Waals surface area contributed by atoms with Crippen molar-refractivity contribution in [3.05, 3.63) is 42.6 Å². The number of ether oxygens (including phenoxy) is 1. The average molecular weight is 258 g/mol. The van der Waals surface area contributed by atoms with Crippen molar-refractivity contribution in [2.45, 2.75) is 45.8 Å². The number of para-hydroxylation sites is 1. The van der Waals surface area contributed by atoms with Crippen LogP contribution >= 0.6 is 0 Å². The summed E-state index contributed by atoms with van der Waals surface area (Å²) in [5.41, 5.74) is 1.29. The molecule has 2 rings (SSSR count). The molecule has 1 aromatic carbocycles. The Labute approximate surface area is 116 Å². The summed E-state index contributed by atoms with van der Waals surface area (Å²) >= 11 is 0. The standard InChI is InChI=1S/C17H24NO/c1-17(2,3)19-14-7-6-12-18-13-8-10-15-9-4-5-11-16(15)18/h4-5,8-11,13H,6-7,12,14H2,1-3H3/q+1. The van der Waals surface area contributed by atoms with Gasteiger partial charge in [0.25, 0.3) is 0 Å². The van der Waals surface area contributed by atoms with E-state index in [0.717, 1.165) is 26.0 Å². The van der Waals surface area contributed by atoms with Crippen LogP contribution in [0.4, 0.5) is 0 Å². The fraction of sp³-hybridized carbons (Fsp3) is 0.471. The van der Waals surface area contributed by atoms with Crippen LogP contribution in [0.3, 0.4) is 0 Å². The number of benzene rings is 1. The Kier molecular flexibility index (Phi) is 4.54. The zero-order valence-electron chi connectivity index (χ0n) is 12.2. The Morgan fingerprint density at radius 1 is 1.00 bits per heavy atom. The predicted molar refractivity (Wildman–Crippen MR) is 79.1 cm³/mol. The molecule has 0 fully saturated rings. The first-order valence-corrected chi connectivity index (χ1v) is 7.07. The summed E-state index contributed by atoms with van der Waals surface area (Å²) in [4.78, 5) is 0. The summed E-state index contributed by atoms with van der Waals surface area (Å²) in [5, 5.41) is 1.30. The first-order chi connectivity index (χ1) is 9.06. The summed E-state index contributed by atoms with van der Waals surface area (Å²) in [6.07, 6.45) is 4.41. The van der Waals surface area contributed by atoms with E-state index in [1.807, 2.05) is 0 Å². The van der Waals surface area contributed by atoms with Gasteiger partial charge in [-0.3, -0.25) is 0 Å². The molecule has 0 unspecified atom stereocenters. The highest BCUT2D eigenvalue weighted by Gasteiger charge is 2.10. The maximum Gasteiger partial charge on any atom is 0.212 e. The summed E-state index contributed by atoms with van der Waals surface area (Å²) in [5.74, 6) is 0. The molecule has 102 valence electrons. The molecule has 0 spiro atoms. The second-order valence-corrected chi connectivity index (χ2v) is 5.93. The van der Waals surface area contributed by atoms with Gasteiger partial charge in [-0.05, 0) is 39.3 Å². The molecule has 0 radical (unpaired) electrons. The van der Waals surface area contributed by atoms with E-state index in [9.17, 15) is 0 Å². The van der Waals surface area contributed by atoms with Crippen molar-refractivity contribution < 1.29 is 9.30 Å². The summed E-state index contributed by atoms with van der Waals surface area (Å²) < 4.78 is 8.07. The number of hydrogen-bond donors (Lipinski definition) is 0.